The van der Waals surface area contributed by atoms with Gasteiger partial charge >= 0.3 is 0 Å². The summed E-state index contributed by atoms with van der Waals surface area (Å²) in [5.74, 6) is -0.783. The average Bonchev–Trinajstić information content (AvgIpc) is 2.82. The SMILES string of the molecule is CCCCc1ccc(-c2ccc3c(F)c(CCc4ccc(C#N)c(F)c4)ccc3c2)nc1. The molecule has 3 aromatic carbocycles. The molecular formula is C28H24F2N2. The number of pyridine rings is 1. The van der Waals surface area contributed by atoms with Crippen molar-refractivity contribution in [2.24, 2.45) is 0 Å². The van der Waals surface area contributed by atoms with Crippen molar-refractivity contribution in [3.05, 3.63) is 101 Å². The zero-order valence-electron chi connectivity index (χ0n) is 18.0. The standard InChI is InChI=1S/C28H24F2N2/c1-2-3-4-20-7-14-27(32-18-20)23-12-13-25-22(16-23)11-10-21(28(25)30)8-5-19-6-9-24(17-31)26(29)15-19/h6-7,9-16,18H,2-5,8H2,1H3. The van der Waals surface area contributed by atoms with Crippen LogP contribution in [-0.4, -0.2) is 4.98 Å². The molecule has 0 aliphatic carbocycles. The van der Waals surface area contributed by atoms with E-state index >= 15 is 4.39 Å². The Morgan fingerprint density at radius 1 is 0.875 bits per heavy atom. The first-order valence-corrected chi connectivity index (χ1v) is 10.9. The van der Waals surface area contributed by atoms with Gasteiger partial charge in [0.15, 0.2) is 0 Å². The van der Waals surface area contributed by atoms with Gasteiger partial charge in [-0.2, -0.15) is 5.26 Å². The number of hydrogen-bond acceptors (Lipinski definition) is 2. The summed E-state index contributed by atoms with van der Waals surface area (Å²) in [7, 11) is 0. The fraction of sp³-hybridized carbons (Fsp3) is 0.214. The number of aromatic nitrogens is 1. The summed E-state index contributed by atoms with van der Waals surface area (Å²) in [5.41, 5.74) is 4.41. The van der Waals surface area contributed by atoms with Crippen molar-refractivity contribution in [3.63, 3.8) is 0 Å². The second-order valence-corrected chi connectivity index (χ2v) is 8.06. The van der Waals surface area contributed by atoms with Crippen LogP contribution in [0.1, 0.15) is 42.0 Å². The van der Waals surface area contributed by atoms with Gasteiger partial charge in [-0.3, -0.25) is 4.98 Å². The Morgan fingerprint density at radius 2 is 1.72 bits per heavy atom. The van der Waals surface area contributed by atoms with Crippen LogP contribution in [0, 0.1) is 23.0 Å². The van der Waals surface area contributed by atoms with Crippen LogP contribution in [0.2, 0.25) is 0 Å². The minimum atomic E-state index is -0.538. The van der Waals surface area contributed by atoms with Crippen LogP contribution in [0.25, 0.3) is 22.0 Å². The van der Waals surface area contributed by atoms with E-state index in [1.165, 1.54) is 17.7 Å². The highest BCUT2D eigenvalue weighted by atomic mass is 19.1. The van der Waals surface area contributed by atoms with E-state index in [1.54, 1.807) is 18.2 Å². The Balaban J connectivity index is 1.53. The first-order chi connectivity index (χ1) is 15.6. The van der Waals surface area contributed by atoms with Crippen molar-refractivity contribution < 1.29 is 8.78 Å². The largest absolute Gasteiger partial charge is 0.256 e. The van der Waals surface area contributed by atoms with E-state index in [9.17, 15) is 4.39 Å². The summed E-state index contributed by atoms with van der Waals surface area (Å²) in [5, 5.41) is 10.2. The van der Waals surface area contributed by atoms with Crippen LogP contribution in [-0.2, 0) is 19.3 Å². The molecule has 4 aromatic rings. The van der Waals surface area contributed by atoms with E-state index in [4.69, 9.17) is 5.26 Å². The Bertz CT molecular complexity index is 1290. The third kappa shape index (κ3) is 4.68. The number of nitriles is 1. The number of aryl methyl sites for hydroxylation is 3. The van der Waals surface area contributed by atoms with Crippen molar-refractivity contribution in [3.8, 4) is 17.3 Å². The number of fused-ring (bicyclic) bond motifs is 1. The first kappa shape index (κ1) is 21.6. The lowest BCUT2D eigenvalue weighted by Gasteiger charge is -2.09. The molecular weight excluding hydrogens is 402 g/mol. The number of benzene rings is 3. The highest BCUT2D eigenvalue weighted by molar-refractivity contribution is 5.88. The predicted octanol–water partition coefficient (Wildman–Crippen LogP) is 7.18. The third-order valence-electron chi connectivity index (χ3n) is 5.81. The highest BCUT2D eigenvalue weighted by Crippen LogP contribution is 2.27. The summed E-state index contributed by atoms with van der Waals surface area (Å²) in [4.78, 5) is 4.59. The monoisotopic (exact) mass is 426 g/mol. The Kier molecular flexibility index (Phi) is 6.56. The summed E-state index contributed by atoms with van der Waals surface area (Å²) in [6.45, 7) is 2.17. The van der Waals surface area contributed by atoms with Crippen molar-refractivity contribution in [2.45, 2.75) is 39.0 Å². The summed E-state index contributed by atoms with van der Waals surface area (Å²) in [6, 6.07) is 19.9. The molecule has 2 nitrogen and oxygen atoms in total. The van der Waals surface area contributed by atoms with Crippen LogP contribution < -0.4 is 0 Å². The molecule has 0 spiro atoms. The van der Waals surface area contributed by atoms with E-state index < -0.39 is 5.82 Å². The van der Waals surface area contributed by atoms with Crippen LogP contribution >= 0.6 is 0 Å². The van der Waals surface area contributed by atoms with Gasteiger partial charge in [0.1, 0.15) is 17.7 Å². The van der Waals surface area contributed by atoms with Crippen LogP contribution in [0.15, 0.2) is 66.9 Å². The second-order valence-electron chi connectivity index (χ2n) is 8.06. The number of nitrogens with zero attached hydrogens (tertiary/aromatic N) is 2. The highest BCUT2D eigenvalue weighted by Gasteiger charge is 2.10. The van der Waals surface area contributed by atoms with E-state index in [-0.39, 0.29) is 11.4 Å². The third-order valence-corrected chi connectivity index (χ3v) is 5.81. The van der Waals surface area contributed by atoms with Gasteiger partial charge in [-0.25, -0.2) is 8.78 Å². The lowest BCUT2D eigenvalue weighted by Crippen LogP contribution is -1.97. The Morgan fingerprint density at radius 3 is 2.44 bits per heavy atom. The minimum absolute atomic E-state index is 0.0199. The molecule has 1 aromatic heterocycles. The maximum atomic E-state index is 15.1. The van der Waals surface area contributed by atoms with Gasteiger partial charge in [-0.05, 0) is 72.0 Å². The smallest absolute Gasteiger partial charge is 0.141 e. The van der Waals surface area contributed by atoms with Crippen LogP contribution in [0.3, 0.4) is 0 Å². The van der Waals surface area contributed by atoms with Crippen LogP contribution in [0.5, 0.6) is 0 Å². The van der Waals surface area contributed by atoms with Crippen molar-refractivity contribution in [1.29, 1.82) is 5.26 Å². The van der Waals surface area contributed by atoms with Crippen molar-refractivity contribution in [1.82, 2.24) is 4.98 Å². The summed E-state index contributed by atoms with van der Waals surface area (Å²) in [6.07, 6.45) is 6.21. The molecule has 32 heavy (non-hydrogen) atoms. The molecule has 0 unspecified atom stereocenters. The molecule has 0 radical (unpaired) electrons. The Hall–Kier alpha value is -3.58. The molecule has 0 saturated carbocycles. The quantitative estimate of drug-likeness (QED) is 0.314. The van der Waals surface area contributed by atoms with Gasteiger partial charge in [0.05, 0.1) is 11.3 Å². The molecule has 0 atom stereocenters. The Labute approximate surface area is 187 Å². The molecule has 4 rings (SSSR count). The number of rotatable bonds is 7. The molecule has 0 aliphatic heterocycles. The van der Waals surface area contributed by atoms with Crippen molar-refractivity contribution >= 4 is 10.8 Å². The molecule has 0 saturated heterocycles. The van der Waals surface area contributed by atoms with E-state index in [0.717, 1.165) is 41.5 Å². The maximum absolute atomic E-state index is 15.1. The molecule has 1 heterocycles. The number of halogens is 2. The lowest BCUT2D eigenvalue weighted by atomic mass is 9.98. The van der Waals surface area contributed by atoms with Crippen molar-refractivity contribution in [2.75, 3.05) is 0 Å². The zero-order valence-corrected chi connectivity index (χ0v) is 18.0. The normalized spacial score (nSPS) is 10.9. The topological polar surface area (TPSA) is 36.7 Å². The molecule has 0 bridgehead atoms. The van der Waals surface area contributed by atoms with Gasteiger partial charge in [0.2, 0.25) is 0 Å². The van der Waals surface area contributed by atoms with E-state index in [2.05, 4.69) is 18.0 Å². The van der Waals surface area contributed by atoms with Gasteiger partial charge in [0, 0.05) is 17.1 Å². The number of hydrogen-bond donors (Lipinski definition) is 0. The summed E-state index contributed by atoms with van der Waals surface area (Å²) < 4.78 is 29.0. The molecule has 0 fully saturated rings. The van der Waals surface area contributed by atoms with Gasteiger partial charge in [-0.1, -0.05) is 49.7 Å². The molecule has 160 valence electrons. The predicted molar refractivity (Wildman–Crippen MR) is 124 cm³/mol. The zero-order chi connectivity index (χ0) is 22.5. The van der Waals surface area contributed by atoms with Gasteiger partial charge in [-0.15, -0.1) is 0 Å². The molecule has 0 amide bonds. The maximum Gasteiger partial charge on any atom is 0.141 e. The van der Waals surface area contributed by atoms with Gasteiger partial charge < -0.3 is 0 Å². The van der Waals surface area contributed by atoms with E-state index in [1.807, 2.05) is 36.5 Å². The summed E-state index contributed by atoms with van der Waals surface area (Å²) >= 11 is 0. The molecule has 0 aliphatic rings. The van der Waals surface area contributed by atoms with E-state index in [0.29, 0.717) is 23.8 Å². The minimum Gasteiger partial charge on any atom is -0.256 e. The fourth-order valence-corrected chi connectivity index (χ4v) is 3.90. The molecule has 0 N–H and O–H groups in total. The van der Waals surface area contributed by atoms with Crippen LogP contribution in [0.4, 0.5) is 8.78 Å². The number of unbranched alkanes of at least 4 members (excludes halogenated alkanes) is 1. The first-order valence-electron chi connectivity index (χ1n) is 10.9. The lowest BCUT2D eigenvalue weighted by molar-refractivity contribution is 0.616. The molecule has 4 heteroatoms. The second kappa shape index (κ2) is 9.70. The van der Waals surface area contributed by atoms with Gasteiger partial charge in [0.25, 0.3) is 0 Å². The average molecular weight is 427 g/mol. The fourth-order valence-electron chi connectivity index (χ4n) is 3.90.